The molecule has 3 heterocycles. The number of sulfonamides is 1. The van der Waals surface area contributed by atoms with Gasteiger partial charge in [-0.3, -0.25) is 4.98 Å². The number of thiophene rings is 2. The number of pyridine rings is 1. The lowest BCUT2D eigenvalue weighted by Gasteiger charge is -2.06. The molecule has 0 radical (unpaired) electrons. The Morgan fingerprint density at radius 2 is 2.09 bits per heavy atom. The summed E-state index contributed by atoms with van der Waals surface area (Å²) in [6, 6.07) is 10.7. The quantitative estimate of drug-likeness (QED) is 0.738. The molecule has 3 aromatic rings. The van der Waals surface area contributed by atoms with E-state index < -0.39 is 10.0 Å². The van der Waals surface area contributed by atoms with Crippen LogP contribution in [0.1, 0.15) is 5.56 Å². The van der Waals surface area contributed by atoms with Crippen LogP contribution < -0.4 is 4.72 Å². The molecule has 22 heavy (non-hydrogen) atoms. The average Bonchev–Trinajstić information content (AvgIpc) is 3.17. The van der Waals surface area contributed by atoms with Crippen molar-refractivity contribution < 1.29 is 8.42 Å². The Morgan fingerprint density at radius 3 is 2.77 bits per heavy atom. The zero-order chi connectivity index (χ0) is 15.6. The van der Waals surface area contributed by atoms with Crippen LogP contribution in [-0.4, -0.2) is 13.4 Å². The summed E-state index contributed by atoms with van der Waals surface area (Å²) in [5, 5.41) is 1.98. The first-order valence-electron chi connectivity index (χ1n) is 6.28. The fraction of sp³-hybridized carbons (Fsp3) is 0.0714. The molecule has 0 atom stereocenters. The average molecular weight is 371 g/mol. The van der Waals surface area contributed by atoms with Gasteiger partial charge in [0.25, 0.3) is 0 Å². The molecule has 0 saturated heterocycles. The van der Waals surface area contributed by atoms with Gasteiger partial charge in [-0.1, -0.05) is 17.7 Å². The van der Waals surface area contributed by atoms with Gasteiger partial charge in [-0.25, -0.2) is 13.1 Å². The third-order valence-electron chi connectivity index (χ3n) is 2.88. The van der Waals surface area contributed by atoms with Gasteiger partial charge in [0.1, 0.15) is 4.21 Å². The van der Waals surface area contributed by atoms with Gasteiger partial charge in [-0.15, -0.1) is 22.7 Å². The summed E-state index contributed by atoms with van der Waals surface area (Å²) in [5.74, 6) is 0. The number of halogens is 1. The minimum Gasteiger partial charge on any atom is -0.255 e. The minimum atomic E-state index is -3.54. The molecule has 3 aromatic heterocycles. The first-order valence-corrected chi connectivity index (χ1v) is 9.84. The van der Waals surface area contributed by atoms with E-state index in [2.05, 4.69) is 9.71 Å². The highest BCUT2D eigenvalue weighted by Gasteiger charge is 2.16. The maximum absolute atomic E-state index is 12.2. The van der Waals surface area contributed by atoms with Crippen molar-refractivity contribution in [1.29, 1.82) is 0 Å². The molecule has 114 valence electrons. The fourth-order valence-electron chi connectivity index (χ4n) is 1.83. The second-order valence-electron chi connectivity index (χ2n) is 4.41. The predicted molar refractivity (Wildman–Crippen MR) is 90.9 cm³/mol. The van der Waals surface area contributed by atoms with Crippen LogP contribution in [0.4, 0.5) is 0 Å². The maximum Gasteiger partial charge on any atom is 0.250 e. The molecular formula is C14H11ClN2O2S3. The third-order valence-corrected chi connectivity index (χ3v) is 6.89. The molecule has 0 fully saturated rings. The first kappa shape index (κ1) is 15.6. The number of aromatic nitrogens is 1. The van der Waals surface area contributed by atoms with Gasteiger partial charge in [0.2, 0.25) is 10.0 Å². The number of hydrogen-bond donors (Lipinski definition) is 1. The largest absolute Gasteiger partial charge is 0.255 e. The van der Waals surface area contributed by atoms with Crippen molar-refractivity contribution in [3.63, 3.8) is 0 Å². The van der Waals surface area contributed by atoms with Gasteiger partial charge in [0.15, 0.2) is 0 Å². The summed E-state index contributed by atoms with van der Waals surface area (Å²) in [6.07, 6.45) is 1.68. The van der Waals surface area contributed by atoms with Crippen molar-refractivity contribution in [2.24, 2.45) is 0 Å². The Bertz CT molecular complexity index is 873. The monoisotopic (exact) mass is 370 g/mol. The Balaban J connectivity index is 1.75. The van der Waals surface area contributed by atoms with Crippen LogP contribution in [-0.2, 0) is 16.6 Å². The van der Waals surface area contributed by atoms with E-state index in [1.54, 1.807) is 29.7 Å². The van der Waals surface area contributed by atoms with Crippen molar-refractivity contribution >= 4 is 44.3 Å². The summed E-state index contributed by atoms with van der Waals surface area (Å²) in [7, 11) is -3.54. The van der Waals surface area contributed by atoms with Gasteiger partial charge < -0.3 is 0 Å². The molecule has 0 amide bonds. The van der Waals surface area contributed by atoms with Gasteiger partial charge in [-0.05, 0) is 41.3 Å². The summed E-state index contributed by atoms with van der Waals surface area (Å²) in [6.45, 7) is 0.207. The van der Waals surface area contributed by atoms with Crippen molar-refractivity contribution in [3.05, 3.63) is 57.9 Å². The number of hydrogen-bond acceptors (Lipinski definition) is 5. The summed E-state index contributed by atoms with van der Waals surface area (Å²) < 4.78 is 27.6. The minimum absolute atomic E-state index is 0.207. The highest BCUT2D eigenvalue weighted by molar-refractivity contribution is 7.91. The molecule has 0 unspecified atom stereocenters. The Labute approximate surface area is 141 Å². The number of nitrogens with one attached hydrogen (secondary N) is 1. The molecule has 0 bridgehead atoms. The molecule has 0 aromatic carbocycles. The molecular weight excluding hydrogens is 360 g/mol. The SMILES string of the molecule is O=S(=O)(NCc1ccnc(-c2cccs2)c1)c1ccc(Cl)s1. The van der Waals surface area contributed by atoms with Crippen molar-refractivity contribution in [1.82, 2.24) is 9.71 Å². The van der Waals surface area contributed by atoms with Gasteiger partial charge in [0, 0.05) is 12.7 Å². The third kappa shape index (κ3) is 3.56. The standard InChI is InChI=1S/C14H11ClN2O2S3/c15-13-3-4-14(21-13)22(18,19)17-9-10-5-6-16-11(8-10)12-2-1-7-20-12/h1-8,17H,9H2. The van der Waals surface area contributed by atoms with E-state index in [0.29, 0.717) is 4.34 Å². The molecule has 0 aliphatic heterocycles. The van der Waals surface area contributed by atoms with Crippen LogP contribution in [0.3, 0.4) is 0 Å². The first-order chi connectivity index (χ1) is 10.5. The predicted octanol–water partition coefficient (Wildman–Crippen LogP) is 4.00. The highest BCUT2D eigenvalue weighted by Crippen LogP contribution is 2.26. The van der Waals surface area contributed by atoms with Crippen LogP contribution in [0.5, 0.6) is 0 Å². The van der Waals surface area contributed by atoms with Gasteiger partial charge in [0.05, 0.1) is 14.9 Å². The Hall–Kier alpha value is -1.25. The lowest BCUT2D eigenvalue weighted by atomic mass is 10.2. The molecule has 1 N–H and O–H groups in total. The van der Waals surface area contributed by atoms with Crippen molar-refractivity contribution in [2.45, 2.75) is 10.8 Å². The van der Waals surface area contributed by atoms with Crippen LogP contribution in [0.2, 0.25) is 4.34 Å². The Kier molecular flexibility index (Phi) is 4.60. The summed E-state index contributed by atoms with van der Waals surface area (Å²) in [5.41, 5.74) is 1.69. The van der Waals surface area contributed by atoms with E-state index in [0.717, 1.165) is 27.5 Å². The molecule has 0 spiro atoms. The van der Waals surface area contributed by atoms with E-state index in [4.69, 9.17) is 11.6 Å². The van der Waals surface area contributed by atoms with E-state index in [1.165, 1.54) is 6.07 Å². The maximum atomic E-state index is 12.2. The Morgan fingerprint density at radius 1 is 1.23 bits per heavy atom. The zero-order valence-corrected chi connectivity index (χ0v) is 14.4. The molecule has 8 heteroatoms. The second-order valence-corrected chi connectivity index (χ2v) is 9.07. The fourth-order valence-corrected chi connectivity index (χ4v) is 5.07. The van der Waals surface area contributed by atoms with E-state index in [1.807, 2.05) is 23.6 Å². The summed E-state index contributed by atoms with van der Waals surface area (Å²) in [4.78, 5) is 5.36. The number of rotatable bonds is 5. The van der Waals surface area contributed by atoms with Gasteiger partial charge in [-0.2, -0.15) is 0 Å². The van der Waals surface area contributed by atoms with Crippen LogP contribution in [0, 0.1) is 0 Å². The zero-order valence-electron chi connectivity index (χ0n) is 11.2. The normalized spacial score (nSPS) is 11.7. The molecule has 0 saturated carbocycles. The topological polar surface area (TPSA) is 59.1 Å². The molecule has 4 nitrogen and oxygen atoms in total. The van der Waals surface area contributed by atoms with Crippen LogP contribution >= 0.6 is 34.3 Å². The highest BCUT2D eigenvalue weighted by atomic mass is 35.5. The smallest absolute Gasteiger partial charge is 0.250 e. The van der Waals surface area contributed by atoms with Gasteiger partial charge >= 0.3 is 0 Å². The van der Waals surface area contributed by atoms with E-state index in [-0.39, 0.29) is 10.8 Å². The molecule has 0 aliphatic rings. The lowest BCUT2D eigenvalue weighted by molar-refractivity contribution is 0.583. The molecule has 0 aliphatic carbocycles. The van der Waals surface area contributed by atoms with E-state index in [9.17, 15) is 8.42 Å². The van der Waals surface area contributed by atoms with Crippen LogP contribution in [0.15, 0.2) is 52.2 Å². The van der Waals surface area contributed by atoms with Crippen LogP contribution in [0.25, 0.3) is 10.6 Å². The summed E-state index contributed by atoms with van der Waals surface area (Å²) >= 11 is 8.41. The molecule has 3 rings (SSSR count). The van der Waals surface area contributed by atoms with Crippen molar-refractivity contribution in [2.75, 3.05) is 0 Å². The van der Waals surface area contributed by atoms with E-state index >= 15 is 0 Å². The number of nitrogens with zero attached hydrogens (tertiary/aromatic N) is 1. The van der Waals surface area contributed by atoms with Crippen molar-refractivity contribution in [3.8, 4) is 10.6 Å². The lowest BCUT2D eigenvalue weighted by Crippen LogP contribution is -2.22. The second kappa shape index (κ2) is 6.47.